The number of rotatable bonds is 1. The van der Waals surface area contributed by atoms with Crippen LogP contribution >= 0.6 is 12.4 Å². The third kappa shape index (κ3) is 2.45. The minimum absolute atomic E-state index is 0. The number of amides is 1. The Kier molecular flexibility index (Phi) is 4.41. The standard InChI is InChI=1S/C11H20N2O.ClH/c12-7-9-8-13-10(14)6-11(9)4-2-1-3-5-11;/h9H,1-8,12H2,(H,13,14);1H. The van der Waals surface area contributed by atoms with Crippen LogP contribution in [0.2, 0.25) is 0 Å². The van der Waals surface area contributed by atoms with E-state index in [1.165, 1.54) is 32.1 Å². The van der Waals surface area contributed by atoms with Crippen LogP contribution < -0.4 is 11.1 Å². The van der Waals surface area contributed by atoms with Crippen LogP contribution in [0.5, 0.6) is 0 Å². The van der Waals surface area contributed by atoms with Gasteiger partial charge in [-0.1, -0.05) is 19.3 Å². The van der Waals surface area contributed by atoms with Crippen molar-refractivity contribution in [2.75, 3.05) is 13.1 Å². The van der Waals surface area contributed by atoms with Gasteiger partial charge in [-0.2, -0.15) is 0 Å². The van der Waals surface area contributed by atoms with E-state index in [-0.39, 0.29) is 23.7 Å². The monoisotopic (exact) mass is 232 g/mol. The van der Waals surface area contributed by atoms with Gasteiger partial charge in [0.15, 0.2) is 0 Å². The fraction of sp³-hybridized carbons (Fsp3) is 0.909. The Bertz CT molecular complexity index is 227. The highest BCUT2D eigenvalue weighted by atomic mass is 35.5. The first-order chi connectivity index (χ1) is 6.77. The molecule has 0 aromatic heterocycles. The van der Waals surface area contributed by atoms with E-state index in [4.69, 9.17) is 5.73 Å². The van der Waals surface area contributed by atoms with Crippen molar-refractivity contribution >= 4 is 18.3 Å². The second-order valence-corrected chi connectivity index (χ2v) is 4.84. The average molecular weight is 233 g/mol. The highest BCUT2D eigenvalue weighted by Crippen LogP contribution is 2.46. The van der Waals surface area contributed by atoms with Gasteiger partial charge in [0.1, 0.15) is 0 Å². The summed E-state index contributed by atoms with van der Waals surface area (Å²) in [7, 11) is 0. The van der Waals surface area contributed by atoms with Gasteiger partial charge >= 0.3 is 0 Å². The number of piperidine rings is 1. The molecule has 3 nitrogen and oxygen atoms in total. The quantitative estimate of drug-likeness (QED) is 0.719. The third-order valence-corrected chi connectivity index (χ3v) is 4.06. The first-order valence-corrected chi connectivity index (χ1v) is 5.74. The Morgan fingerprint density at radius 1 is 1.33 bits per heavy atom. The van der Waals surface area contributed by atoms with Crippen LogP contribution in [0.3, 0.4) is 0 Å². The van der Waals surface area contributed by atoms with E-state index in [0.29, 0.717) is 5.92 Å². The Hall–Kier alpha value is -0.280. The second kappa shape index (κ2) is 5.17. The van der Waals surface area contributed by atoms with Crippen molar-refractivity contribution in [3.63, 3.8) is 0 Å². The maximum Gasteiger partial charge on any atom is 0.220 e. The molecule has 1 saturated heterocycles. The average Bonchev–Trinajstić information content (AvgIpc) is 2.19. The third-order valence-electron chi connectivity index (χ3n) is 4.06. The second-order valence-electron chi connectivity index (χ2n) is 4.84. The van der Waals surface area contributed by atoms with E-state index < -0.39 is 0 Å². The van der Waals surface area contributed by atoms with Gasteiger partial charge in [0.2, 0.25) is 5.91 Å². The Morgan fingerprint density at radius 2 is 2.00 bits per heavy atom. The normalized spacial score (nSPS) is 29.4. The minimum atomic E-state index is 0. The van der Waals surface area contributed by atoms with Crippen molar-refractivity contribution in [2.45, 2.75) is 38.5 Å². The maximum absolute atomic E-state index is 11.4. The van der Waals surface area contributed by atoms with Crippen LogP contribution in [-0.2, 0) is 4.79 Å². The molecule has 2 fully saturated rings. The molecule has 0 bridgehead atoms. The van der Waals surface area contributed by atoms with Crippen LogP contribution in [0.1, 0.15) is 38.5 Å². The van der Waals surface area contributed by atoms with Gasteiger partial charge in [-0.15, -0.1) is 12.4 Å². The van der Waals surface area contributed by atoms with E-state index in [9.17, 15) is 4.79 Å². The number of carbonyl (C=O) groups is 1. The molecule has 0 radical (unpaired) electrons. The molecule has 4 heteroatoms. The SMILES string of the molecule is Cl.NCC1CNC(=O)CC12CCCCC2. The molecular weight excluding hydrogens is 212 g/mol. The predicted octanol–water partition coefficient (Wildman–Crippen LogP) is 1.45. The van der Waals surface area contributed by atoms with Crippen molar-refractivity contribution < 1.29 is 4.79 Å². The Labute approximate surface area is 97.6 Å². The van der Waals surface area contributed by atoms with E-state index in [0.717, 1.165) is 19.5 Å². The fourth-order valence-electron chi connectivity index (χ4n) is 3.15. The van der Waals surface area contributed by atoms with Crippen LogP contribution in [0.15, 0.2) is 0 Å². The molecule has 1 heterocycles. The maximum atomic E-state index is 11.4. The van der Waals surface area contributed by atoms with Crippen molar-refractivity contribution in [2.24, 2.45) is 17.1 Å². The lowest BCUT2D eigenvalue weighted by atomic mass is 9.62. The van der Waals surface area contributed by atoms with Crippen molar-refractivity contribution in [3.05, 3.63) is 0 Å². The summed E-state index contributed by atoms with van der Waals surface area (Å²) >= 11 is 0. The molecule has 2 aliphatic rings. The van der Waals surface area contributed by atoms with Gasteiger partial charge in [0, 0.05) is 13.0 Å². The molecule has 1 aliphatic carbocycles. The number of hydrogen-bond acceptors (Lipinski definition) is 2. The Balaban J connectivity index is 0.00000112. The lowest BCUT2D eigenvalue weighted by molar-refractivity contribution is -0.129. The topological polar surface area (TPSA) is 55.1 Å². The largest absolute Gasteiger partial charge is 0.356 e. The van der Waals surface area contributed by atoms with Gasteiger partial charge in [0.05, 0.1) is 0 Å². The molecular formula is C11H21ClN2O. The van der Waals surface area contributed by atoms with Gasteiger partial charge < -0.3 is 11.1 Å². The lowest BCUT2D eigenvalue weighted by Gasteiger charge is -2.46. The molecule has 3 N–H and O–H groups in total. The molecule has 0 aromatic carbocycles. The van der Waals surface area contributed by atoms with Gasteiger partial charge in [-0.25, -0.2) is 0 Å². The van der Waals surface area contributed by atoms with E-state index in [1.54, 1.807) is 0 Å². The van der Waals surface area contributed by atoms with Crippen molar-refractivity contribution in [1.82, 2.24) is 5.32 Å². The van der Waals surface area contributed by atoms with E-state index in [1.807, 2.05) is 0 Å². The zero-order chi connectivity index (χ0) is 10.0. The van der Waals surface area contributed by atoms with Crippen LogP contribution in [0.4, 0.5) is 0 Å². The minimum Gasteiger partial charge on any atom is -0.356 e. The summed E-state index contributed by atoms with van der Waals surface area (Å²) in [5.41, 5.74) is 6.06. The highest BCUT2D eigenvalue weighted by molar-refractivity contribution is 5.85. The summed E-state index contributed by atoms with van der Waals surface area (Å²) < 4.78 is 0. The molecule has 2 rings (SSSR count). The number of carbonyl (C=O) groups excluding carboxylic acids is 1. The number of halogens is 1. The van der Waals surface area contributed by atoms with Gasteiger partial charge in [-0.05, 0) is 30.7 Å². The van der Waals surface area contributed by atoms with E-state index in [2.05, 4.69) is 5.32 Å². The van der Waals surface area contributed by atoms with Crippen molar-refractivity contribution in [1.29, 1.82) is 0 Å². The molecule has 88 valence electrons. The zero-order valence-electron chi connectivity index (χ0n) is 9.13. The summed E-state index contributed by atoms with van der Waals surface area (Å²) in [4.78, 5) is 11.4. The molecule has 1 atom stereocenters. The first kappa shape index (κ1) is 12.8. The molecule has 1 unspecified atom stereocenters. The molecule has 1 saturated carbocycles. The van der Waals surface area contributed by atoms with Crippen molar-refractivity contribution in [3.8, 4) is 0 Å². The molecule has 0 aromatic rings. The summed E-state index contributed by atoms with van der Waals surface area (Å²) in [5, 5.41) is 2.94. The molecule has 1 amide bonds. The number of nitrogens with two attached hydrogens (primary N) is 1. The summed E-state index contributed by atoms with van der Waals surface area (Å²) in [6.07, 6.45) is 7.04. The first-order valence-electron chi connectivity index (χ1n) is 5.74. The van der Waals surface area contributed by atoms with E-state index >= 15 is 0 Å². The smallest absolute Gasteiger partial charge is 0.220 e. The van der Waals surface area contributed by atoms with Gasteiger partial charge in [-0.3, -0.25) is 4.79 Å². The number of nitrogens with one attached hydrogen (secondary N) is 1. The predicted molar refractivity (Wildman–Crippen MR) is 62.9 cm³/mol. The van der Waals surface area contributed by atoms with Crippen LogP contribution in [0.25, 0.3) is 0 Å². The van der Waals surface area contributed by atoms with Crippen LogP contribution in [-0.4, -0.2) is 19.0 Å². The summed E-state index contributed by atoms with van der Waals surface area (Å²) in [6, 6.07) is 0. The van der Waals surface area contributed by atoms with Crippen LogP contribution in [0, 0.1) is 11.3 Å². The summed E-state index contributed by atoms with van der Waals surface area (Å²) in [6.45, 7) is 1.52. The summed E-state index contributed by atoms with van der Waals surface area (Å²) in [5.74, 6) is 0.747. The van der Waals surface area contributed by atoms with Gasteiger partial charge in [0.25, 0.3) is 0 Å². The zero-order valence-corrected chi connectivity index (χ0v) is 9.94. The lowest BCUT2D eigenvalue weighted by Crippen LogP contribution is -2.51. The molecule has 15 heavy (non-hydrogen) atoms. The molecule has 1 spiro atoms. The Morgan fingerprint density at radius 3 is 2.60 bits per heavy atom. The number of hydrogen-bond donors (Lipinski definition) is 2. The highest BCUT2D eigenvalue weighted by Gasteiger charge is 2.43. The fourth-order valence-corrected chi connectivity index (χ4v) is 3.15. The molecule has 1 aliphatic heterocycles.